The summed E-state index contributed by atoms with van der Waals surface area (Å²) in [7, 11) is -1.68. The second-order valence-corrected chi connectivity index (χ2v) is 9.73. The Morgan fingerprint density at radius 1 is 1.24 bits per heavy atom. The Hall–Kier alpha value is -1.27. The van der Waals surface area contributed by atoms with Crippen LogP contribution in [-0.4, -0.2) is 52.9 Å². The van der Waals surface area contributed by atoms with Crippen molar-refractivity contribution in [2.45, 2.75) is 27.2 Å². The summed E-state index contributed by atoms with van der Waals surface area (Å²) in [5.41, 5.74) is 0.643. The van der Waals surface area contributed by atoms with E-state index in [0.717, 1.165) is 24.8 Å². The number of nitrogens with zero attached hydrogens (tertiary/aromatic N) is 2. The van der Waals surface area contributed by atoms with E-state index in [2.05, 4.69) is 25.7 Å². The summed E-state index contributed by atoms with van der Waals surface area (Å²) in [4.78, 5) is 2.54. The maximum atomic E-state index is 11.6. The summed E-state index contributed by atoms with van der Waals surface area (Å²) in [6.07, 6.45) is 2.44. The molecule has 0 aliphatic carbocycles. The van der Waals surface area contributed by atoms with E-state index in [4.69, 9.17) is 4.74 Å². The minimum atomic E-state index is -3.23. The van der Waals surface area contributed by atoms with Crippen LogP contribution in [0.15, 0.2) is 24.3 Å². The summed E-state index contributed by atoms with van der Waals surface area (Å²) in [5.74, 6) is 2.72. The number of likely N-dealkylation sites (tertiary alicyclic amines) is 1. The van der Waals surface area contributed by atoms with E-state index in [9.17, 15) is 8.42 Å². The van der Waals surface area contributed by atoms with Crippen molar-refractivity contribution in [2.75, 3.05) is 43.8 Å². The molecule has 25 heavy (non-hydrogen) atoms. The van der Waals surface area contributed by atoms with Gasteiger partial charge in [0, 0.05) is 26.1 Å². The first-order valence-corrected chi connectivity index (χ1v) is 10.9. The normalized spacial score (nSPS) is 21.7. The average Bonchev–Trinajstić information content (AvgIpc) is 2.90. The van der Waals surface area contributed by atoms with Crippen LogP contribution in [0.3, 0.4) is 0 Å². The Morgan fingerprint density at radius 2 is 1.88 bits per heavy atom. The zero-order valence-electron chi connectivity index (χ0n) is 16.1. The van der Waals surface area contributed by atoms with Crippen LogP contribution in [0.5, 0.6) is 5.75 Å². The van der Waals surface area contributed by atoms with Gasteiger partial charge in [-0.1, -0.05) is 20.8 Å². The summed E-state index contributed by atoms with van der Waals surface area (Å²) in [6, 6.07) is 7.24. The van der Waals surface area contributed by atoms with Crippen LogP contribution in [0.1, 0.15) is 27.2 Å². The van der Waals surface area contributed by atoms with E-state index in [-0.39, 0.29) is 0 Å². The van der Waals surface area contributed by atoms with Gasteiger partial charge in [0.15, 0.2) is 0 Å². The Labute approximate surface area is 153 Å². The third-order valence-electron chi connectivity index (χ3n) is 5.03. The first kappa shape index (κ1) is 20.0. The van der Waals surface area contributed by atoms with Gasteiger partial charge >= 0.3 is 0 Å². The molecule has 0 radical (unpaired) electrons. The molecule has 142 valence electrons. The third kappa shape index (κ3) is 5.89. The number of rotatable bonds is 8. The highest BCUT2D eigenvalue weighted by molar-refractivity contribution is 7.92. The van der Waals surface area contributed by atoms with Gasteiger partial charge in [-0.25, -0.2) is 8.42 Å². The Bertz CT molecular complexity index is 643. The SMILES string of the molecule is CC(C)CCN1CC(C)[C@@H](COc2ccc(N(C)S(C)(=O)=O)cc2)C1. The molecule has 2 rings (SSSR count). The molecule has 0 amide bonds. The number of benzene rings is 1. The Kier molecular flexibility index (Phi) is 6.74. The standard InChI is InChI=1S/C19H32N2O3S/c1-15(2)10-11-21-12-16(3)17(13-21)14-24-19-8-6-18(7-9-19)20(4)25(5,22)23/h6-9,15-17H,10-14H2,1-5H3/t16?,17-/m1/s1. The van der Waals surface area contributed by atoms with E-state index in [1.807, 2.05) is 12.1 Å². The molecule has 0 saturated carbocycles. The number of hydrogen-bond donors (Lipinski definition) is 0. The maximum absolute atomic E-state index is 11.6. The first-order chi connectivity index (χ1) is 11.7. The molecule has 0 bridgehead atoms. The molecule has 0 spiro atoms. The van der Waals surface area contributed by atoms with Crippen molar-refractivity contribution in [3.8, 4) is 5.75 Å². The van der Waals surface area contributed by atoms with Crippen LogP contribution in [0.4, 0.5) is 5.69 Å². The van der Waals surface area contributed by atoms with E-state index in [0.29, 0.717) is 24.1 Å². The first-order valence-electron chi connectivity index (χ1n) is 9.06. The van der Waals surface area contributed by atoms with E-state index in [1.54, 1.807) is 19.2 Å². The van der Waals surface area contributed by atoms with E-state index < -0.39 is 10.0 Å². The molecular formula is C19H32N2O3S. The summed E-state index contributed by atoms with van der Waals surface area (Å²) in [5, 5.41) is 0. The number of ether oxygens (including phenoxy) is 1. The molecular weight excluding hydrogens is 336 g/mol. The lowest BCUT2D eigenvalue weighted by molar-refractivity contribution is 0.224. The van der Waals surface area contributed by atoms with Gasteiger partial charge < -0.3 is 9.64 Å². The predicted molar refractivity (Wildman–Crippen MR) is 104 cm³/mol. The van der Waals surface area contributed by atoms with Crippen LogP contribution in [0.2, 0.25) is 0 Å². The second-order valence-electron chi connectivity index (χ2n) is 7.71. The Balaban J connectivity index is 1.85. The molecule has 6 heteroatoms. The topological polar surface area (TPSA) is 49.9 Å². The van der Waals surface area contributed by atoms with Crippen LogP contribution in [0.25, 0.3) is 0 Å². The predicted octanol–water partition coefficient (Wildman–Crippen LogP) is 3.08. The smallest absolute Gasteiger partial charge is 0.231 e. The van der Waals surface area contributed by atoms with Crippen LogP contribution >= 0.6 is 0 Å². The molecule has 0 N–H and O–H groups in total. The molecule has 1 aromatic carbocycles. The minimum absolute atomic E-state index is 0.547. The largest absolute Gasteiger partial charge is 0.493 e. The van der Waals surface area contributed by atoms with Crippen molar-refractivity contribution >= 4 is 15.7 Å². The molecule has 1 saturated heterocycles. The second kappa shape index (κ2) is 8.41. The molecule has 5 nitrogen and oxygen atoms in total. The summed E-state index contributed by atoms with van der Waals surface area (Å²) >= 11 is 0. The van der Waals surface area contributed by atoms with Crippen LogP contribution in [-0.2, 0) is 10.0 Å². The number of anilines is 1. The van der Waals surface area contributed by atoms with Crippen molar-refractivity contribution in [1.82, 2.24) is 4.90 Å². The van der Waals surface area contributed by atoms with Gasteiger partial charge in [0.05, 0.1) is 18.6 Å². The van der Waals surface area contributed by atoms with Gasteiger partial charge in [-0.3, -0.25) is 4.31 Å². The molecule has 2 atom stereocenters. The van der Waals surface area contributed by atoms with Crippen molar-refractivity contribution in [3.63, 3.8) is 0 Å². The quantitative estimate of drug-likeness (QED) is 0.708. The Morgan fingerprint density at radius 3 is 2.44 bits per heavy atom. The van der Waals surface area contributed by atoms with Gasteiger partial charge in [0.1, 0.15) is 5.75 Å². The number of sulfonamides is 1. The van der Waals surface area contributed by atoms with E-state index >= 15 is 0 Å². The fourth-order valence-electron chi connectivity index (χ4n) is 3.13. The van der Waals surface area contributed by atoms with Crippen LogP contribution < -0.4 is 9.04 Å². The lowest BCUT2D eigenvalue weighted by Crippen LogP contribution is -2.25. The fourth-order valence-corrected chi connectivity index (χ4v) is 3.63. The molecule has 0 aromatic heterocycles. The fraction of sp³-hybridized carbons (Fsp3) is 0.684. The maximum Gasteiger partial charge on any atom is 0.231 e. The third-order valence-corrected chi connectivity index (χ3v) is 6.23. The molecule has 1 heterocycles. The van der Waals surface area contributed by atoms with Gasteiger partial charge in [-0.05, 0) is 49.1 Å². The highest BCUT2D eigenvalue weighted by atomic mass is 32.2. The van der Waals surface area contributed by atoms with E-state index in [1.165, 1.54) is 23.5 Å². The summed E-state index contributed by atoms with van der Waals surface area (Å²) in [6.45, 7) is 11.0. The summed E-state index contributed by atoms with van der Waals surface area (Å²) < 4.78 is 30.4. The zero-order chi connectivity index (χ0) is 18.6. The van der Waals surface area contributed by atoms with Crippen molar-refractivity contribution in [3.05, 3.63) is 24.3 Å². The van der Waals surface area contributed by atoms with Gasteiger partial charge in [-0.2, -0.15) is 0 Å². The molecule has 1 aromatic rings. The van der Waals surface area contributed by atoms with Crippen molar-refractivity contribution < 1.29 is 13.2 Å². The van der Waals surface area contributed by atoms with Crippen molar-refractivity contribution in [1.29, 1.82) is 0 Å². The lowest BCUT2D eigenvalue weighted by atomic mass is 9.99. The van der Waals surface area contributed by atoms with Crippen molar-refractivity contribution in [2.24, 2.45) is 17.8 Å². The highest BCUT2D eigenvalue weighted by Gasteiger charge is 2.29. The van der Waals surface area contributed by atoms with Gasteiger partial charge in [0.25, 0.3) is 0 Å². The number of hydrogen-bond acceptors (Lipinski definition) is 4. The monoisotopic (exact) mass is 368 g/mol. The zero-order valence-corrected chi connectivity index (χ0v) is 16.9. The molecule has 1 aliphatic heterocycles. The lowest BCUT2D eigenvalue weighted by Gasteiger charge is -2.19. The average molecular weight is 369 g/mol. The molecule has 1 unspecified atom stereocenters. The molecule has 1 fully saturated rings. The highest BCUT2D eigenvalue weighted by Crippen LogP contribution is 2.26. The van der Waals surface area contributed by atoms with Gasteiger partial charge in [0.2, 0.25) is 10.0 Å². The van der Waals surface area contributed by atoms with Crippen LogP contribution in [0, 0.1) is 17.8 Å². The molecule has 1 aliphatic rings. The minimum Gasteiger partial charge on any atom is -0.493 e. The van der Waals surface area contributed by atoms with Gasteiger partial charge in [-0.15, -0.1) is 0 Å².